The molecule has 0 radical (unpaired) electrons. The summed E-state index contributed by atoms with van der Waals surface area (Å²) < 4.78 is 2.01. The van der Waals surface area contributed by atoms with Gasteiger partial charge in [-0.05, 0) is 31.9 Å². The number of fused-ring (bicyclic) bond motifs is 1. The maximum atomic E-state index is 9.74. The van der Waals surface area contributed by atoms with E-state index >= 15 is 0 Å². The van der Waals surface area contributed by atoms with Gasteiger partial charge in [0, 0.05) is 32.2 Å². The Balaban J connectivity index is 1.64. The summed E-state index contributed by atoms with van der Waals surface area (Å²) in [6.07, 6.45) is 3.67. The van der Waals surface area contributed by atoms with Crippen molar-refractivity contribution in [2.24, 2.45) is 5.92 Å². The van der Waals surface area contributed by atoms with Crippen molar-refractivity contribution in [3.8, 4) is 0 Å². The molecule has 4 heterocycles. The quantitative estimate of drug-likeness (QED) is 0.420. The Bertz CT molecular complexity index is 1030. The van der Waals surface area contributed by atoms with Crippen LogP contribution in [-0.4, -0.2) is 68.4 Å². The number of rotatable bonds is 8. The van der Waals surface area contributed by atoms with Crippen molar-refractivity contribution in [1.29, 1.82) is 0 Å². The molecule has 172 valence electrons. The van der Waals surface area contributed by atoms with E-state index in [0.29, 0.717) is 23.1 Å². The summed E-state index contributed by atoms with van der Waals surface area (Å²) in [5.74, 6) is 1.95. The topological polar surface area (TPSA) is 116 Å². The molecule has 4 N–H and O–H groups in total. The number of aromatic nitrogens is 5. The van der Waals surface area contributed by atoms with Crippen LogP contribution in [0.3, 0.4) is 0 Å². The Morgan fingerprint density at radius 3 is 2.50 bits per heavy atom. The maximum Gasteiger partial charge on any atom is 0.227 e. The third-order valence-electron chi connectivity index (χ3n) is 5.77. The largest absolute Gasteiger partial charge is 0.394 e. The minimum absolute atomic E-state index is 0.000303. The molecule has 1 fully saturated rings. The lowest BCUT2D eigenvalue weighted by Crippen LogP contribution is -2.43. The molecule has 0 amide bonds. The highest BCUT2D eigenvalue weighted by atomic mass is 16.3. The number of nitrogens with zero attached hydrogens (tertiary/aromatic N) is 6. The molecule has 0 aliphatic carbocycles. The Labute approximate surface area is 188 Å². The van der Waals surface area contributed by atoms with Crippen LogP contribution in [0.4, 0.5) is 23.3 Å². The van der Waals surface area contributed by atoms with Gasteiger partial charge >= 0.3 is 0 Å². The lowest BCUT2D eigenvalue weighted by atomic mass is 10.1. The summed E-state index contributed by atoms with van der Waals surface area (Å²) in [5, 5.41) is 19.7. The molecule has 1 atom stereocenters. The second kappa shape index (κ2) is 9.66. The van der Waals surface area contributed by atoms with E-state index < -0.39 is 0 Å². The van der Waals surface area contributed by atoms with Gasteiger partial charge in [-0.2, -0.15) is 9.97 Å². The van der Waals surface area contributed by atoms with Crippen molar-refractivity contribution in [2.75, 3.05) is 48.3 Å². The van der Waals surface area contributed by atoms with Gasteiger partial charge in [-0.25, -0.2) is 9.97 Å². The molecule has 4 rings (SSSR count). The number of imidazole rings is 1. The van der Waals surface area contributed by atoms with Gasteiger partial charge in [0.15, 0.2) is 17.0 Å². The van der Waals surface area contributed by atoms with E-state index in [-0.39, 0.29) is 24.6 Å². The molecule has 0 bridgehead atoms. The third kappa shape index (κ3) is 4.76. The molecule has 10 heteroatoms. The van der Waals surface area contributed by atoms with Crippen LogP contribution in [0.2, 0.25) is 0 Å². The van der Waals surface area contributed by atoms with Gasteiger partial charge in [-0.15, -0.1) is 0 Å². The maximum absolute atomic E-state index is 9.74. The van der Waals surface area contributed by atoms with Crippen LogP contribution in [0.15, 0.2) is 24.7 Å². The number of nitrogens with one attached hydrogen (secondary N) is 3. The van der Waals surface area contributed by atoms with Crippen LogP contribution < -0.4 is 20.9 Å². The molecular formula is C22H33N9O. The van der Waals surface area contributed by atoms with Crippen LogP contribution in [0.1, 0.15) is 33.7 Å². The standard InChI is InChI=1S/C22H33N9O/c1-14(2)17(12-32)26-22-28-20(19-21(29-22)31(13-25-19)15(3)4)27-18-6-5-16(11-24-18)30-9-7-23-8-10-30/h5-6,11,13-15,17,23,32H,7-10,12H2,1-4H3,(H2,24,26,27,28,29). The van der Waals surface area contributed by atoms with Gasteiger partial charge < -0.3 is 30.5 Å². The average molecular weight is 440 g/mol. The molecule has 3 aromatic rings. The Kier molecular flexibility index (Phi) is 6.71. The SMILES string of the molecule is CC(C)C(CO)Nc1nc(Nc2ccc(N3CCNCC3)cn2)c2ncn(C(C)C)c2n1. The van der Waals surface area contributed by atoms with E-state index in [9.17, 15) is 5.11 Å². The average Bonchev–Trinajstić information content (AvgIpc) is 3.23. The van der Waals surface area contributed by atoms with E-state index in [4.69, 9.17) is 4.98 Å². The molecule has 1 unspecified atom stereocenters. The van der Waals surface area contributed by atoms with Gasteiger partial charge in [0.2, 0.25) is 5.95 Å². The van der Waals surface area contributed by atoms with E-state index in [2.05, 4.69) is 55.7 Å². The van der Waals surface area contributed by atoms with Crippen LogP contribution in [-0.2, 0) is 0 Å². The van der Waals surface area contributed by atoms with Crippen molar-refractivity contribution < 1.29 is 5.11 Å². The number of pyridine rings is 1. The predicted molar refractivity (Wildman–Crippen MR) is 128 cm³/mol. The number of anilines is 4. The molecule has 0 aromatic carbocycles. The lowest BCUT2D eigenvalue weighted by Gasteiger charge is -2.29. The van der Waals surface area contributed by atoms with Crippen LogP contribution in [0.5, 0.6) is 0 Å². The minimum atomic E-state index is -0.146. The summed E-state index contributed by atoms with van der Waals surface area (Å²) in [6, 6.07) is 4.09. The van der Waals surface area contributed by atoms with E-state index in [0.717, 1.165) is 37.5 Å². The number of aliphatic hydroxyl groups is 1. The van der Waals surface area contributed by atoms with E-state index in [1.807, 2.05) is 30.7 Å². The highest BCUT2D eigenvalue weighted by Gasteiger charge is 2.19. The van der Waals surface area contributed by atoms with Crippen molar-refractivity contribution in [2.45, 2.75) is 39.8 Å². The highest BCUT2D eigenvalue weighted by Crippen LogP contribution is 2.26. The normalized spacial score (nSPS) is 15.5. The summed E-state index contributed by atoms with van der Waals surface area (Å²) in [6.45, 7) is 12.2. The zero-order valence-corrected chi connectivity index (χ0v) is 19.2. The Hall–Kier alpha value is -2.98. The second-order valence-electron chi connectivity index (χ2n) is 8.75. The molecule has 3 aromatic heterocycles. The van der Waals surface area contributed by atoms with Crippen LogP contribution in [0, 0.1) is 5.92 Å². The lowest BCUT2D eigenvalue weighted by molar-refractivity contribution is 0.248. The van der Waals surface area contributed by atoms with Gasteiger partial charge in [-0.1, -0.05) is 13.8 Å². The number of hydrogen-bond acceptors (Lipinski definition) is 9. The number of aliphatic hydroxyl groups excluding tert-OH is 1. The summed E-state index contributed by atoms with van der Waals surface area (Å²) in [5.41, 5.74) is 2.53. The monoisotopic (exact) mass is 439 g/mol. The molecular weight excluding hydrogens is 406 g/mol. The summed E-state index contributed by atoms with van der Waals surface area (Å²) in [7, 11) is 0. The zero-order valence-electron chi connectivity index (χ0n) is 19.2. The van der Waals surface area contributed by atoms with E-state index in [1.54, 1.807) is 6.33 Å². The molecule has 0 saturated carbocycles. The highest BCUT2D eigenvalue weighted by molar-refractivity contribution is 5.86. The van der Waals surface area contributed by atoms with Crippen LogP contribution >= 0.6 is 0 Å². The Morgan fingerprint density at radius 1 is 1.09 bits per heavy atom. The fraction of sp³-hybridized carbons (Fsp3) is 0.545. The first kappa shape index (κ1) is 22.2. The van der Waals surface area contributed by atoms with E-state index in [1.165, 1.54) is 0 Å². The summed E-state index contributed by atoms with van der Waals surface area (Å²) in [4.78, 5) is 20.9. The first-order valence-corrected chi connectivity index (χ1v) is 11.3. The molecule has 1 saturated heterocycles. The fourth-order valence-electron chi connectivity index (χ4n) is 3.73. The molecule has 10 nitrogen and oxygen atoms in total. The molecule has 1 aliphatic heterocycles. The first-order chi connectivity index (χ1) is 15.5. The van der Waals surface area contributed by atoms with Crippen molar-refractivity contribution in [1.82, 2.24) is 29.8 Å². The Morgan fingerprint density at radius 2 is 1.88 bits per heavy atom. The zero-order chi connectivity index (χ0) is 22.7. The second-order valence-corrected chi connectivity index (χ2v) is 8.75. The molecule has 1 aliphatic rings. The van der Waals surface area contributed by atoms with Gasteiger partial charge in [0.05, 0.1) is 30.9 Å². The molecule has 0 spiro atoms. The van der Waals surface area contributed by atoms with Crippen molar-refractivity contribution in [3.05, 3.63) is 24.7 Å². The van der Waals surface area contributed by atoms with Gasteiger partial charge in [0.1, 0.15) is 5.82 Å². The van der Waals surface area contributed by atoms with Gasteiger partial charge in [0.25, 0.3) is 0 Å². The molecule has 32 heavy (non-hydrogen) atoms. The van der Waals surface area contributed by atoms with Crippen molar-refractivity contribution >= 4 is 34.4 Å². The fourth-order valence-corrected chi connectivity index (χ4v) is 3.73. The minimum Gasteiger partial charge on any atom is -0.394 e. The van der Waals surface area contributed by atoms with Crippen molar-refractivity contribution in [3.63, 3.8) is 0 Å². The first-order valence-electron chi connectivity index (χ1n) is 11.3. The van der Waals surface area contributed by atoms with Gasteiger partial charge in [-0.3, -0.25) is 0 Å². The third-order valence-corrected chi connectivity index (χ3v) is 5.77. The summed E-state index contributed by atoms with van der Waals surface area (Å²) >= 11 is 0. The number of piperazine rings is 1. The van der Waals surface area contributed by atoms with Crippen LogP contribution in [0.25, 0.3) is 11.2 Å². The predicted octanol–water partition coefficient (Wildman–Crippen LogP) is 2.38. The number of hydrogen-bond donors (Lipinski definition) is 4. The smallest absolute Gasteiger partial charge is 0.227 e.